The molecule has 0 saturated heterocycles. The fourth-order valence-electron chi connectivity index (χ4n) is 3.89. The second-order valence-corrected chi connectivity index (χ2v) is 7.89. The Bertz CT molecular complexity index is 1240. The number of ether oxygens (including phenoxy) is 1. The lowest BCUT2D eigenvalue weighted by atomic mass is 9.90. The van der Waals surface area contributed by atoms with Crippen LogP contribution in [0.3, 0.4) is 0 Å². The van der Waals surface area contributed by atoms with Crippen LogP contribution in [0.4, 0.5) is 11.4 Å². The second-order valence-electron chi connectivity index (χ2n) is 7.89. The highest BCUT2D eigenvalue weighted by atomic mass is 16.5. The van der Waals surface area contributed by atoms with Crippen LogP contribution in [-0.4, -0.2) is 48.6 Å². The van der Waals surface area contributed by atoms with E-state index in [-0.39, 0.29) is 25.0 Å². The highest BCUT2D eigenvalue weighted by Gasteiger charge is 2.35. The molecule has 0 aromatic heterocycles. The molecule has 1 aliphatic heterocycles. The number of aliphatic imine (C=N–C) groups is 1. The molecule has 1 N–H and O–H groups in total. The molecule has 0 bridgehead atoms. The van der Waals surface area contributed by atoms with E-state index in [4.69, 9.17) is 9.73 Å². The number of carbonyl (C=O) groups is 3. The average Bonchev–Trinajstić information content (AvgIpc) is 3.18. The van der Waals surface area contributed by atoms with Gasteiger partial charge in [0.05, 0.1) is 18.0 Å². The predicted octanol–water partition coefficient (Wildman–Crippen LogP) is 4.18. The van der Waals surface area contributed by atoms with E-state index in [0.29, 0.717) is 17.0 Å². The Morgan fingerprint density at radius 2 is 1.62 bits per heavy atom. The number of amides is 2. The fraction of sp³-hybridized carbons (Fsp3) is 0.185. The van der Waals surface area contributed by atoms with Gasteiger partial charge in [0.1, 0.15) is 12.5 Å². The summed E-state index contributed by atoms with van der Waals surface area (Å²) in [5.41, 5.74) is 4.17. The number of nitrogens with zero attached hydrogens (tertiary/aromatic N) is 2. The summed E-state index contributed by atoms with van der Waals surface area (Å²) >= 11 is 0. The zero-order valence-electron chi connectivity index (χ0n) is 19.0. The van der Waals surface area contributed by atoms with Crippen molar-refractivity contribution in [1.82, 2.24) is 4.90 Å². The molecule has 1 atom stereocenters. The minimum Gasteiger partial charge on any atom is -0.465 e. The molecule has 34 heavy (non-hydrogen) atoms. The van der Waals surface area contributed by atoms with Crippen LogP contribution in [0.15, 0.2) is 83.9 Å². The fourth-order valence-corrected chi connectivity index (χ4v) is 3.89. The molecule has 1 unspecified atom stereocenters. The summed E-state index contributed by atoms with van der Waals surface area (Å²) in [6.07, 6.45) is 0. The van der Waals surface area contributed by atoms with Gasteiger partial charge in [-0.1, -0.05) is 48.5 Å². The lowest BCUT2D eigenvalue weighted by Gasteiger charge is -2.16. The molecule has 0 aliphatic carbocycles. The van der Waals surface area contributed by atoms with Gasteiger partial charge in [-0.25, -0.2) is 0 Å². The van der Waals surface area contributed by atoms with Crippen LogP contribution in [0.1, 0.15) is 34.3 Å². The minimum absolute atomic E-state index is 0.124. The van der Waals surface area contributed by atoms with Crippen LogP contribution in [0.25, 0.3) is 0 Å². The summed E-state index contributed by atoms with van der Waals surface area (Å²) in [4.78, 5) is 43.4. The molecule has 172 valence electrons. The van der Waals surface area contributed by atoms with Crippen molar-refractivity contribution in [3.8, 4) is 0 Å². The molecule has 0 saturated carbocycles. The number of nitrogens with one attached hydrogen (secondary N) is 1. The number of hydrogen-bond acceptors (Lipinski definition) is 5. The van der Waals surface area contributed by atoms with Crippen LogP contribution in [0.2, 0.25) is 0 Å². The van der Waals surface area contributed by atoms with E-state index in [1.165, 1.54) is 4.90 Å². The first-order valence-corrected chi connectivity index (χ1v) is 11.0. The van der Waals surface area contributed by atoms with Crippen LogP contribution in [0, 0.1) is 0 Å². The van der Waals surface area contributed by atoms with Crippen molar-refractivity contribution in [3.05, 3.63) is 95.6 Å². The van der Waals surface area contributed by atoms with E-state index in [0.717, 1.165) is 16.8 Å². The molecular formula is C27H25N3O4. The lowest BCUT2D eigenvalue weighted by molar-refractivity contribution is -0.143. The van der Waals surface area contributed by atoms with Crippen LogP contribution < -0.4 is 5.32 Å². The topological polar surface area (TPSA) is 88.1 Å². The number of likely N-dealkylation sites (N-methyl/N-ethyl adjacent to an activating group) is 1. The van der Waals surface area contributed by atoms with Crippen LogP contribution in [-0.2, 0) is 14.3 Å². The maximum absolute atomic E-state index is 12.9. The Morgan fingerprint density at radius 3 is 2.32 bits per heavy atom. The first-order valence-electron chi connectivity index (χ1n) is 11.0. The largest absolute Gasteiger partial charge is 0.465 e. The van der Waals surface area contributed by atoms with Crippen molar-refractivity contribution in [2.75, 3.05) is 25.5 Å². The summed E-state index contributed by atoms with van der Waals surface area (Å²) < 4.78 is 4.90. The van der Waals surface area contributed by atoms with Crippen LogP contribution in [0.5, 0.6) is 0 Å². The molecule has 4 rings (SSSR count). The molecule has 0 radical (unpaired) electrons. The van der Waals surface area contributed by atoms with Gasteiger partial charge in [0, 0.05) is 18.3 Å². The summed E-state index contributed by atoms with van der Waals surface area (Å²) in [5.74, 6) is -1.43. The molecule has 7 heteroatoms. The number of para-hydroxylation sites is 1. The molecule has 7 nitrogen and oxygen atoms in total. The molecule has 2 amide bonds. The van der Waals surface area contributed by atoms with E-state index in [1.807, 2.05) is 54.6 Å². The first-order chi connectivity index (χ1) is 16.5. The maximum Gasteiger partial charge on any atom is 0.325 e. The zero-order chi connectivity index (χ0) is 24.1. The quantitative estimate of drug-likeness (QED) is 0.428. The lowest BCUT2D eigenvalue weighted by Crippen LogP contribution is -2.33. The number of benzene rings is 3. The zero-order valence-corrected chi connectivity index (χ0v) is 19.0. The van der Waals surface area contributed by atoms with E-state index < -0.39 is 11.9 Å². The Balaban J connectivity index is 1.64. The van der Waals surface area contributed by atoms with Gasteiger partial charge < -0.3 is 15.0 Å². The number of carbonyl (C=O) groups excluding carboxylic acids is 3. The number of anilines is 1. The monoisotopic (exact) mass is 455 g/mol. The van der Waals surface area contributed by atoms with Gasteiger partial charge in [0.2, 0.25) is 5.91 Å². The van der Waals surface area contributed by atoms with Crippen molar-refractivity contribution >= 4 is 34.9 Å². The smallest absolute Gasteiger partial charge is 0.325 e. The van der Waals surface area contributed by atoms with Gasteiger partial charge in [0.25, 0.3) is 5.91 Å². The van der Waals surface area contributed by atoms with Crippen molar-refractivity contribution in [2.24, 2.45) is 4.99 Å². The minimum atomic E-state index is -0.546. The van der Waals surface area contributed by atoms with Gasteiger partial charge in [-0.15, -0.1) is 0 Å². The van der Waals surface area contributed by atoms with Gasteiger partial charge in [0.15, 0.2) is 0 Å². The van der Waals surface area contributed by atoms with Gasteiger partial charge in [-0.2, -0.15) is 0 Å². The van der Waals surface area contributed by atoms with Crippen LogP contribution >= 0.6 is 0 Å². The molecular weight excluding hydrogens is 430 g/mol. The first kappa shape index (κ1) is 22.9. The number of esters is 1. The molecule has 1 aliphatic rings. The second kappa shape index (κ2) is 10.1. The highest BCUT2D eigenvalue weighted by molar-refractivity contribution is 6.24. The summed E-state index contributed by atoms with van der Waals surface area (Å²) in [5, 5.41) is 2.94. The van der Waals surface area contributed by atoms with Gasteiger partial charge in [-0.3, -0.25) is 19.4 Å². The maximum atomic E-state index is 12.9. The van der Waals surface area contributed by atoms with Crippen molar-refractivity contribution in [1.29, 1.82) is 0 Å². The third-order valence-corrected chi connectivity index (χ3v) is 5.52. The predicted molar refractivity (Wildman–Crippen MR) is 130 cm³/mol. The normalized spacial score (nSPS) is 14.8. The van der Waals surface area contributed by atoms with E-state index in [1.54, 1.807) is 38.2 Å². The summed E-state index contributed by atoms with van der Waals surface area (Å²) in [6, 6.07) is 24.0. The van der Waals surface area contributed by atoms with Gasteiger partial charge in [-0.05, 0) is 48.4 Å². The van der Waals surface area contributed by atoms with Gasteiger partial charge >= 0.3 is 5.97 Å². The Morgan fingerprint density at radius 1 is 0.941 bits per heavy atom. The molecule has 0 spiro atoms. The number of fused-ring (bicyclic) bond motifs is 1. The van der Waals surface area contributed by atoms with E-state index in [9.17, 15) is 14.4 Å². The molecule has 1 heterocycles. The number of rotatable bonds is 7. The Labute approximate surface area is 198 Å². The summed E-state index contributed by atoms with van der Waals surface area (Å²) in [6.45, 7) is 1.86. The summed E-state index contributed by atoms with van der Waals surface area (Å²) in [7, 11) is 1.55. The highest BCUT2D eigenvalue weighted by Crippen LogP contribution is 2.36. The Hall–Kier alpha value is -4.26. The molecule has 3 aromatic carbocycles. The van der Waals surface area contributed by atoms with Crippen molar-refractivity contribution in [3.63, 3.8) is 0 Å². The standard InChI is InChI=1S/C27H25N3O4/c1-3-34-23(31)17-30(2)27(33)19-13-15-20(16-14-19)28-25(18-9-5-4-6-10-18)24-21-11-7-8-12-22(21)29-26(24)32/h4-16,24H,3,17H2,1-2H3,(H,29,32). The third-order valence-electron chi connectivity index (χ3n) is 5.52. The number of hydrogen-bond donors (Lipinski definition) is 1. The Kier molecular flexibility index (Phi) is 6.82. The van der Waals surface area contributed by atoms with E-state index in [2.05, 4.69) is 5.32 Å². The van der Waals surface area contributed by atoms with E-state index >= 15 is 0 Å². The SMILES string of the molecule is CCOC(=O)CN(C)C(=O)c1ccc(N=C(c2ccccc2)C2C(=O)Nc3ccccc32)cc1. The average molecular weight is 456 g/mol. The van der Waals surface area contributed by atoms with Crippen molar-refractivity contribution in [2.45, 2.75) is 12.8 Å². The third kappa shape index (κ3) is 4.88. The van der Waals surface area contributed by atoms with Crippen molar-refractivity contribution < 1.29 is 19.1 Å². The molecule has 0 fully saturated rings. The molecule has 3 aromatic rings.